The second kappa shape index (κ2) is 3.70. The zero-order valence-electron chi connectivity index (χ0n) is 6.37. The standard InChI is InChI=1S/C7H7IN2O2/c1-12-7(11)5-4(8)2-3-10-6(5)9/h2-3H,1H3,(H2,9,10). The number of carbonyl (C=O) groups excluding carboxylic acids is 1. The minimum Gasteiger partial charge on any atom is -0.465 e. The van der Waals surface area contributed by atoms with Gasteiger partial charge in [-0.2, -0.15) is 0 Å². The van der Waals surface area contributed by atoms with E-state index >= 15 is 0 Å². The summed E-state index contributed by atoms with van der Waals surface area (Å²) in [5.74, 6) is -0.251. The molecule has 0 aliphatic carbocycles. The molecular weight excluding hydrogens is 271 g/mol. The Balaban J connectivity index is 3.21. The molecule has 0 unspecified atom stereocenters. The maximum atomic E-state index is 11.1. The first kappa shape index (κ1) is 9.24. The van der Waals surface area contributed by atoms with Crippen molar-refractivity contribution in [2.24, 2.45) is 0 Å². The Hall–Kier alpha value is -0.850. The molecule has 4 nitrogen and oxygen atoms in total. The number of nitrogens with two attached hydrogens (primary N) is 1. The Morgan fingerprint density at radius 2 is 2.42 bits per heavy atom. The van der Waals surface area contributed by atoms with Gasteiger partial charge < -0.3 is 10.5 Å². The van der Waals surface area contributed by atoms with Crippen molar-refractivity contribution in [2.75, 3.05) is 12.8 Å². The number of nitrogens with zero attached hydrogens (tertiary/aromatic N) is 1. The van der Waals surface area contributed by atoms with Crippen LogP contribution in [-0.4, -0.2) is 18.1 Å². The van der Waals surface area contributed by atoms with Crippen molar-refractivity contribution in [3.8, 4) is 0 Å². The number of carbonyl (C=O) groups is 1. The molecule has 1 aromatic rings. The van der Waals surface area contributed by atoms with Gasteiger partial charge in [-0.05, 0) is 28.7 Å². The number of aromatic nitrogens is 1. The molecule has 0 aliphatic rings. The van der Waals surface area contributed by atoms with E-state index in [4.69, 9.17) is 5.73 Å². The highest BCUT2D eigenvalue weighted by Crippen LogP contribution is 2.16. The van der Waals surface area contributed by atoms with Crippen LogP contribution in [0.3, 0.4) is 0 Å². The lowest BCUT2D eigenvalue weighted by Crippen LogP contribution is -2.09. The van der Waals surface area contributed by atoms with Gasteiger partial charge in [-0.1, -0.05) is 0 Å². The second-order valence-electron chi connectivity index (χ2n) is 2.04. The van der Waals surface area contributed by atoms with Crippen LogP contribution in [0.1, 0.15) is 10.4 Å². The molecule has 0 saturated carbocycles. The fraction of sp³-hybridized carbons (Fsp3) is 0.143. The first-order valence-electron chi connectivity index (χ1n) is 3.15. The fourth-order valence-electron chi connectivity index (χ4n) is 0.757. The highest BCUT2D eigenvalue weighted by Gasteiger charge is 2.14. The van der Waals surface area contributed by atoms with Gasteiger partial charge in [0.25, 0.3) is 0 Å². The molecule has 0 saturated heterocycles. The highest BCUT2D eigenvalue weighted by molar-refractivity contribution is 14.1. The molecule has 0 atom stereocenters. The van der Waals surface area contributed by atoms with Gasteiger partial charge in [0.05, 0.1) is 7.11 Å². The zero-order valence-corrected chi connectivity index (χ0v) is 8.53. The number of hydrogen-bond donors (Lipinski definition) is 1. The number of nitrogen functional groups attached to an aromatic ring is 1. The molecule has 0 bridgehead atoms. The number of pyridine rings is 1. The summed E-state index contributed by atoms with van der Waals surface area (Å²) in [5.41, 5.74) is 5.82. The lowest BCUT2D eigenvalue weighted by Gasteiger charge is -2.03. The predicted octanol–water partition coefficient (Wildman–Crippen LogP) is 1.05. The SMILES string of the molecule is COC(=O)c1c(I)ccnc1N. The molecule has 0 radical (unpaired) electrons. The molecule has 1 aromatic heterocycles. The van der Waals surface area contributed by atoms with E-state index in [1.54, 1.807) is 12.3 Å². The average Bonchev–Trinajstić information content (AvgIpc) is 2.03. The molecule has 1 heterocycles. The first-order valence-corrected chi connectivity index (χ1v) is 4.23. The molecule has 0 aromatic carbocycles. The zero-order chi connectivity index (χ0) is 9.14. The first-order chi connectivity index (χ1) is 5.66. The Morgan fingerprint density at radius 3 is 2.92 bits per heavy atom. The molecule has 0 spiro atoms. The van der Waals surface area contributed by atoms with Crippen molar-refractivity contribution >= 4 is 34.4 Å². The minimum atomic E-state index is -0.454. The number of esters is 1. The number of halogens is 1. The van der Waals surface area contributed by atoms with E-state index in [2.05, 4.69) is 9.72 Å². The molecule has 0 aliphatic heterocycles. The van der Waals surface area contributed by atoms with E-state index in [0.29, 0.717) is 5.56 Å². The number of hydrogen-bond acceptors (Lipinski definition) is 4. The van der Waals surface area contributed by atoms with Gasteiger partial charge in [0, 0.05) is 9.77 Å². The van der Waals surface area contributed by atoms with Crippen LogP contribution in [0.15, 0.2) is 12.3 Å². The van der Waals surface area contributed by atoms with Crippen molar-refractivity contribution < 1.29 is 9.53 Å². The second-order valence-corrected chi connectivity index (χ2v) is 3.21. The Bertz CT molecular complexity index is 294. The Kier molecular flexibility index (Phi) is 2.85. The quantitative estimate of drug-likeness (QED) is 0.616. The highest BCUT2D eigenvalue weighted by atomic mass is 127. The van der Waals surface area contributed by atoms with Crippen molar-refractivity contribution in [3.63, 3.8) is 0 Å². The molecule has 0 amide bonds. The van der Waals surface area contributed by atoms with E-state index in [0.717, 1.165) is 3.57 Å². The van der Waals surface area contributed by atoms with Gasteiger partial charge in [0.1, 0.15) is 11.4 Å². The van der Waals surface area contributed by atoms with Gasteiger partial charge in [-0.25, -0.2) is 9.78 Å². The molecule has 5 heteroatoms. The smallest absolute Gasteiger partial charge is 0.342 e. The predicted molar refractivity (Wildman–Crippen MR) is 52.7 cm³/mol. The van der Waals surface area contributed by atoms with Crippen LogP contribution in [0.5, 0.6) is 0 Å². The van der Waals surface area contributed by atoms with Gasteiger partial charge in [0.15, 0.2) is 0 Å². The Morgan fingerprint density at radius 1 is 1.75 bits per heavy atom. The maximum absolute atomic E-state index is 11.1. The van der Waals surface area contributed by atoms with Crippen LogP contribution >= 0.6 is 22.6 Å². The van der Waals surface area contributed by atoms with E-state index in [1.165, 1.54) is 7.11 Å². The average molecular weight is 278 g/mol. The van der Waals surface area contributed by atoms with E-state index in [-0.39, 0.29) is 5.82 Å². The van der Waals surface area contributed by atoms with E-state index in [1.807, 2.05) is 22.6 Å². The summed E-state index contributed by atoms with van der Waals surface area (Å²) in [7, 11) is 1.31. The summed E-state index contributed by atoms with van der Waals surface area (Å²) in [5, 5.41) is 0. The van der Waals surface area contributed by atoms with Gasteiger partial charge >= 0.3 is 5.97 Å². The van der Waals surface area contributed by atoms with Crippen molar-refractivity contribution in [1.29, 1.82) is 0 Å². The van der Waals surface area contributed by atoms with Crippen molar-refractivity contribution in [1.82, 2.24) is 4.98 Å². The van der Waals surface area contributed by atoms with Crippen LogP contribution in [0.4, 0.5) is 5.82 Å². The van der Waals surface area contributed by atoms with Crippen LogP contribution in [0.2, 0.25) is 0 Å². The molecular formula is C7H7IN2O2. The molecule has 1 rings (SSSR count). The number of rotatable bonds is 1. The van der Waals surface area contributed by atoms with Gasteiger partial charge in [-0.15, -0.1) is 0 Å². The third-order valence-corrected chi connectivity index (χ3v) is 2.22. The maximum Gasteiger partial charge on any atom is 0.342 e. The molecule has 0 fully saturated rings. The third kappa shape index (κ3) is 1.66. The van der Waals surface area contributed by atoms with Crippen molar-refractivity contribution in [3.05, 3.63) is 21.4 Å². The fourth-order valence-corrected chi connectivity index (χ4v) is 1.41. The normalized spacial score (nSPS) is 9.50. The lowest BCUT2D eigenvalue weighted by atomic mass is 10.2. The van der Waals surface area contributed by atoms with Crippen LogP contribution in [-0.2, 0) is 4.74 Å². The number of methoxy groups -OCH3 is 1. The summed E-state index contributed by atoms with van der Waals surface area (Å²) < 4.78 is 5.28. The molecule has 64 valence electrons. The number of ether oxygens (including phenoxy) is 1. The van der Waals surface area contributed by atoms with Crippen LogP contribution in [0.25, 0.3) is 0 Å². The summed E-state index contributed by atoms with van der Waals surface area (Å²) in [4.78, 5) is 14.9. The lowest BCUT2D eigenvalue weighted by molar-refractivity contribution is 0.0600. The van der Waals surface area contributed by atoms with Crippen LogP contribution in [0, 0.1) is 3.57 Å². The number of anilines is 1. The summed E-state index contributed by atoms with van der Waals surface area (Å²) in [6, 6.07) is 1.70. The topological polar surface area (TPSA) is 65.2 Å². The third-order valence-electron chi connectivity index (χ3n) is 1.32. The molecule has 2 N–H and O–H groups in total. The van der Waals surface area contributed by atoms with Gasteiger partial charge in [-0.3, -0.25) is 0 Å². The van der Waals surface area contributed by atoms with E-state index < -0.39 is 5.97 Å². The summed E-state index contributed by atoms with van der Waals surface area (Å²) in [6.45, 7) is 0. The van der Waals surface area contributed by atoms with Crippen molar-refractivity contribution in [2.45, 2.75) is 0 Å². The monoisotopic (exact) mass is 278 g/mol. The van der Waals surface area contributed by atoms with E-state index in [9.17, 15) is 4.79 Å². The molecule has 12 heavy (non-hydrogen) atoms. The van der Waals surface area contributed by atoms with Crippen LogP contribution < -0.4 is 5.73 Å². The summed E-state index contributed by atoms with van der Waals surface area (Å²) in [6.07, 6.45) is 1.55. The summed E-state index contributed by atoms with van der Waals surface area (Å²) >= 11 is 2.00. The minimum absolute atomic E-state index is 0.203. The largest absolute Gasteiger partial charge is 0.465 e. The van der Waals surface area contributed by atoms with Gasteiger partial charge in [0.2, 0.25) is 0 Å². The Labute approximate surface area is 83.3 Å².